The highest BCUT2D eigenvalue weighted by atomic mass is 15.2. The van der Waals surface area contributed by atoms with Gasteiger partial charge in [0.25, 0.3) is 0 Å². The number of hydrogen-bond donors (Lipinski definition) is 3. The third-order valence-corrected chi connectivity index (χ3v) is 1.18. The van der Waals surface area contributed by atoms with Crippen molar-refractivity contribution in [3.8, 4) is 0 Å². The minimum atomic E-state index is 0.417. The van der Waals surface area contributed by atoms with Crippen LogP contribution in [0, 0.1) is 0 Å². The van der Waals surface area contributed by atoms with Gasteiger partial charge in [-0.2, -0.15) is 0 Å². The Morgan fingerprint density at radius 3 is 2.38 bits per heavy atom. The molecule has 0 saturated heterocycles. The fraction of sp³-hybridized carbons (Fsp3) is 1.00. The third kappa shape index (κ3) is 2.96. The van der Waals surface area contributed by atoms with Gasteiger partial charge in [-0.1, -0.05) is 6.92 Å². The van der Waals surface area contributed by atoms with Crippen molar-refractivity contribution in [2.24, 2.45) is 5.84 Å². The van der Waals surface area contributed by atoms with Crippen molar-refractivity contribution in [3.63, 3.8) is 0 Å². The van der Waals surface area contributed by atoms with Gasteiger partial charge >= 0.3 is 0 Å². The lowest BCUT2D eigenvalue weighted by Crippen LogP contribution is -2.41. The average Bonchev–Trinajstić information content (AvgIpc) is 1.83. The molecule has 4 N–H and O–H groups in total. The van der Waals surface area contributed by atoms with E-state index in [0.29, 0.717) is 6.04 Å². The summed E-state index contributed by atoms with van der Waals surface area (Å²) in [7, 11) is 1.92. The molecule has 0 aromatic carbocycles. The summed E-state index contributed by atoms with van der Waals surface area (Å²) in [4.78, 5) is 0. The lowest BCUT2D eigenvalue weighted by molar-refractivity contribution is 0.491. The lowest BCUT2D eigenvalue weighted by atomic mass is 10.2. The second-order valence-electron chi connectivity index (χ2n) is 1.83. The van der Waals surface area contributed by atoms with E-state index in [1.165, 1.54) is 0 Å². The first-order valence-electron chi connectivity index (χ1n) is 2.95. The maximum atomic E-state index is 5.18. The highest BCUT2D eigenvalue weighted by Gasteiger charge is 1.97. The molecule has 0 bridgehead atoms. The zero-order valence-electron chi connectivity index (χ0n) is 5.57. The van der Waals surface area contributed by atoms with Crippen LogP contribution in [-0.4, -0.2) is 19.6 Å². The molecule has 3 heteroatoms. The second-order valence-corrected chi connectivity index (χ2v) is 1.83. The summed E-state index contributed by atoms with van der Waals surface area (Å²) in [5, 5.41) is 3.03. The minimum Gasteiger partial charge on any atom is -0.318 e. The predicted molar refractivity (Wildman–Crippen MR) is 35.3 cm³/mol. The zero-order chi connectivity index (χ0) is 6.41. The maximum Gasteiger partial charge on any atom is 0.0332 e. The van der Waals surface area contributed by atoms with Crippen molar-refractivity contribution < 1.29 is 0 Å². The van der Waals surface area contributed by atoms with E-state index in [1.54, 1.807) is 0 Å². The topological polar surface area (TPSA) is 50.1 Å². The van der Waals surface area contributed by atoms with Gasteiger partial charge in [-0.3, -0.25) is 11.3 Å². The Bertz CT molecular complexity index is 42.9. The van der Waals surface area contributed by atoms with Crippen molar-refractivity contribution in [2.45, 2.75) is 19.4 Å². The van der Waals surface area contributed by atoms with Gasteiger partial charge in [-0.15, -0.1) is 0 Å². The molecule has 0 aliphatic rings. The van der Waals surface area contributed by atoms with E-state index in [9.17, 15) is 0 Å². The first kappa shape index (κ1) is 7.88. The van der Waals surface area contributed by atoms with Crippen LogP contribution < -0.4 is 16.6 Å². The van der Waals surface area contributed by atoms with Gasteiger partial charge < -0.3 is 5.32 Å². The molecule has 0 rings (SSSR count). The van der Waals surface area contributed by atoms with Gasteiger partial charge in [0.15, 0.2) is 0 Å². The summed E-state index contributed by atoms with van der Waals surface area (Å²) in [6.45, 7) is 3.04. The van der Waals surface area contributed by atoms with E-state index < -0.39 is 0 Å². The summed E-state index contributed by atoms with van der Waals surface area (Å²) < 4.78 is 0. The Morgan fingerprint density at radius 2 is 2.25 bits per heavy atom. The van der Waals surface area contributed by atoms with E-state index >= 15 is 0 Å². The molecular formula is C5H15N3. The van der Waals surface area contributed by atoms with Gasteiger partial charge in [0.05, 0.1) is 0 Å². The number of hydrogen-bond acceptors (Lipinski definition) is 3. The summed E-state index contributed by atoms with van der Waals surface area (Å²) in [5.41, 5.74) is 2.69. The fourth-order valence-corrected chi connectivity index (χ4v) is 0.568. The van der Waals surface area contributed by atoms with Crippen LogP contribution in [0.2, 0.25) is 0 Å². The molecule has 1 unspecified atom stereocenters. The Kier molecular flexibility index (Phi) is 4.95. The number of likely N-dealkylation sites (N-methyl/N-ethyl adjacent to an activating group) is 1. The number of nitrogens with one attached hydrogen (secondary N) is 2. The Balaban J connectivity index is 3.07. The molecule has 0 heterocycles. The van der Waals surface area contributed by atoms with Crippen LogP contribution in [0.25, 0.3) is 0 Å². The van der Waals surface area contributed by atoms with Crippen LogP contribution in [0.4, 0.5) is 0 Å². The number of hydrazine groups is 1. The number of rotatable bonds is 4. The Hall–Kier alpha value is -0.120. The van der Waals surface area contributed by atoms with Crippen LogP contribution >= 0.6 is 0 Å². The maximum absolute atomic E-state index is 5.18. The smallest absolute Gasteiger partial charge is 0.0332 e. The normalized spacial score (nSPS) is 13.9. The minimum absolute atomic E-state index is 0.417. The molecule has 8 heavy (non-hydrogen) atoms. The van der Waals surface area contributed by atoms with Crippen LogP contribution in [0.15, 0.2) is 0 Å². The van der Waals surface area contributed by atoms with Crippen molar-refractivity contribution >= 4 is 0 Å². The predicted octanol–water partition coefficient (Wildman–Crippen LogP) is -0.552. The first-order valence-corrected chi connectivity index (χ1v) is 2.95. The van der Waals surface area contributed by atoms with Crippen LogP contribution in [0.1, 0.15) is 13.3 Å². The van der Waals surface area contributed by atoms with Gasteiger partial charge in [0.2, 0.25) is 0 Å². The first-order chi connectivity index (χ1) is 3.85. The van der Waals surface area contributed by atoms with E-state index in [2.05, 4.69) is 17.7 Å². The summed E-state index contributed by atoms with van der Waals surface area (Å²) in [5.74, 6) is 5.18. The van der Waals surface area contributed by atoms with Gasteiger partial charge in [0.1, 0.15) is 0 Å². The molecule has 3 nitrogen and oxygen atoms in total. The Morgan fingerprint density at radius 1 is 1.62 bits per heavy atom. The quantitative estimate of drug-likeness (QED) is 0.342. The van der Waals surface area contributed by atoms with Crippen molar-refractivity contribution in [1.29, 1.82) is 0 Å². The lowest BCUT2D eigenvalue weighted by Gasteiger charge is -2.10. The molecule has 0 aromatic heterocycles. The molecule has 50 valence electrons. The molecule has 0 saturated carbocycles. The van der Waals surface area contributed by atoms with Crippen LogP contribution in [0.3, 0.4) is 0 Å². The van der Waals surface area contributed by atoms with E-state index in [0.717, 1.165) is 13.0 Å². The van der Waals surface area contributed by atoms with Crippen molar-refractivity contribution in [1.82, 2.24) is 10.7 Å². The largest absolute Gasteiger partial charge is 0.318 e. The summed E-state index contributed by atoms with van der Waals surface area (Å²) >= 11 is 0. The molecule has 1 atom stereocenters. The third-order valence-electron chi connectivity index (χ3n) is 1.18. The zero-order valence-corrected chi connectivity index (χ0v) is 5.57. The van der Waals surface area contributed by atoms with Crippen LogP contribution in [-0.2, 0) is 0 Å². The monoisotopic (exact) mass is 117 g/mol. The highest BCUT2D eigenvalue weighted by Crippen LogP contribution is 1.83. The SMILES string of the molecule is CCC(CNC)NN. The fourth-order valence-electron chi connectivity index (χ4n) is 0.568. The molecular weight excluding hydrogens is 102 g/mol. The molecule has 0 spiro atoms. The standard InChI is InChI=1S/C5H15N3/c1-3-5(8-6)4-7-2/h5,7-8H,3-4,6H2,1-2H3. The molecule has 0 aliphatic heterocycles. The molecule has 0 fully saturated rings. The van der Waals surface area contributed by atoms with E-state index in [-0.39, 0.29) is 0 Å². The average molecular weight is 117 g/mol. The second kappa shape index (κ2) is 5.03. The van der Waals surface area contributed by atoms with Crippen molar-refractivity contribution in [2.75, 3.05) is 13.6 Å². The Labute approximate surface area is 50.6 Å². The summed E-state index contributed by atoms with van der Waals surface area (Å²) in [6, 6.07) is 0.417. The van der Waals surface area contributed by atoms with Crippen molar-refractivity contribution in [3.05, 3.63) is 0 Å². The van der Waals surface area contributed by atoms with E-state index in [4.69, 9.17) is 5.84 Å². The number of nitrogens with two attached hydrogens (primary N) is 1. The molecule has 0 aliphatic carbocycles. The van der Waals surface area contributed by atoms with Crippen LogP contribution in [0.5, 0.6) is 0 Å². The van der Waals surface area contributed by atoms with Gasteiger partial charge in [-0.05, 0) is 13.5 Å². The highest BCUT2D eigenvalue weighted by molar-refractivity contribution is 4.61. The van der Waals surface area contributed by atoms with E-state index in [1.807, 2.05) is 7.05 Å². The molecule has 0 amide bonds. The molecule has 0 radical (unpaired) electrons. The van der Waals surface area contributed by atoms with Gasteiger partial charge in [-0.25, -0.2) is 0 Å². The summed E-state index contributed by atoms with van der Waals surface area (Å²) in [6.07, 6.45) is 1.07. The van der Waals surface area contributed by atoms with Gasteiger partial charge in [0, 0.05) is 12.6 Å². The molecule has 0 aromatic rings.